The highest BCUT2D eigenvalue weighted by atomic mass is 31.2. The highest BCUT2D eigenvalue weighted by molar-refractivity contribution is 7.47. The van der Waals surface area contributed by atoms with Crippen LogP contribution >= 0.6 is 7.82 Å². The summed E-state index contributed by atoms with van der Waals surface area (Å²) in [6.07, 6.45) is 21.3. The number of carbonyl (C=O) groups is 2. The van der Waals surface area contributed by atoms with Crippen LogP contribution in [0.4, 0.5) is 0 Å². The van der Waals surface area contributed by atoms with E-state index in [1.54, 1.807) is 0 Å². The van der Waals surface area contributed by atoms with Crippen LogP contribution in [0.5, 0.6) is 0 Å². The molecule has 0 radical (unpaired) electrons. The second kappa shape index (κ2) is 45.1. The lowest BCUT2D eigenvalue weighted by molar-refractivity contribution is -0.327. The molecular formula is C53H100NO18P. The van der Waals surface area contributed by atoms with Crippen LogP contribution in [-0.2, 0) is 42.1 Å². The van der Waals surface area contributed by atoms with Gasteiger partial charge in [0.05, 0.1) is 32.5 Å². The predicted molar refractivity (Wildman–Crippen MR) is 278 cm³/mol. The zero-order valence-electron chi connectivity index (χ0n) is 44.5. The first-order chi connectivity index (χ1) is 35.2. The van der Waals surface area contributed by atoms with Crippen molar-refractivity contribution in [2.24, 2.45) is 0 Å². The molecule has 1 saturated heterocycles. The second-order valence-corrected chi connectivity index (χ2v) is 20.8. The van der Waals surface area contributed by atoms with Crippen molar-refractivity contribution in [1.29, 1.82) is 0 Å². The summed E-state index contributed by atoms with van der Waals surface area (Å²) in [6, 6.07) is 0. The Morgan fingerprint density at radius 1 is 0.616 bits per heavy atom. The summed E-state index contributed by atoms with van der Waals surface area (Å²) >= 11 is 0. The quantitative estimate of drug-likeness (QED) is 0.0135. The molecule has 0 spiro atoms. The van der Waals surface area contributed by atoms with Gasteiger partial charge in [-0.3, -0.25) is 18.6 Å². The zero-order chi connectivity index (χ0) is 54.0. The number of hydrogen-bond donors (Lipinski definition) is 10. The van der Waals surface area contributed by atoms with E-state index in [1.807, 2.05) is 0 Å². The van der Waals surface area contributed by atoms with Gasteiger partial charge in [0, 0.05) is 25.9 Å². The van der Waals surface area contributed by atoms with Crippen LogP contribution in [0.15, 0.2) is 24.3 Å². The van der Waals surface area contributed by atoms with Crippen LogP contribution in [0.1, 0.15) is 194 Å². The Labute approximate surface area is 437 Å². The fourth-order valence-electron chi connectivity index (χ4n) is 8.17. The van der Waals surface area contributed by atoms with Crippen LogP contribution in [0.3, 0.4) is 0 Å². The lowest BCUT2D eigenvalue weighted by atomic mass is 9.98. The van der Waals surface area contributed by atoms with Gasteiger partial charge in [0.15, 0.2) is 12.4 Å². The number of nitrogens with one attached hydrogen (secondary N) is 1. The molecule has 0 aromatic heterocycles. The number of rotatable bonds is 49. The second-order valence-electron chi connectivity index (χ2n) is 19.4. The SMILES string of the molecule is CCCCCCCC/C=C/CCCCCCCC(=O)OC[C@H](COP(=O)(O)OCCNCC(O)C(O)[C@H](O[C@@H]1O[C@H](CO)[C@H](O)[C@H](O)[C@H]1O)[C@H](O)CO)OC(=O)CCCCCCC/C=C/CCCCCCCC. The van der Waals surface area contributed by atoms with E-state index in [-0.39, 0.29) is 19.4 Å². The standard InChI is InChI=1S/C53H100NO18P/c1-3-5-7-9-11-13-15-17-19-21-23-25-27-29-31-33-46(59)67-40-42(70-47(60)34-32-30-28-26-24-22-20-18-16-14-12-10-8-6-4-2)41-69-73(65,66)68-36-35-54-37-43(57)48(61)52(44(58)38-55)72-53-51(64)50(63)49(62)45(39-56)71-53/h17-20,42-45,48-58,61-64H,3-16,21-41H2,1-2H3,(H,65,66)/b19-17+,20-18+/t42-,43?,44-,45-,48?,49+,50+,51-,52-,53+/m1/s1. The molecule has 0 aromatic carbocycles. The summed E-state index contributed by atoms with van der Waals surface area (Å²) < 4.78 is 44.6. The van der Waals surface area contributed by atoms with E-state index >= 15 is 0 Å². The first-order valence-electron chi connectivity index (χ1n) is 27.8. The maximum Gasteiger partial charge on any atom is 0.472 e. The van der Waals surface area contributed by atoms with Gasteiger partial charge in [-0.1, -0.05) is 141 Å². The van der Waals surface area contributed by atoms with Crippen LogP contribution < -0.4 is 5.32 Å². The van der Waals surface area contributed by atoms with Crippen molar-refractivity contribution < 1.29 is 87.9 Å². The van der Waals surface area contributed by atoms with E-state index < -0.39 is 121 Å². The van der Waals surface area contributed by atoms with Gasteiger partial charge in [0.1, 0.15) is 49.3 Å². The van der Waals surface area contributed by atoms with E-state index in [0.717, 1.165) is 77.0 Å². The first kappa shape index (κ1) is 69.1. The molecule has 0 amide bonds. The monoisotopic (exact) mass is 1070 g/mol. The van der Waals surface area contributed by atoms with Crippen LogP contribution in [0, 0.1) is 0 Å². The number of carbonyl (C=O) groups excluding carboxylic acids is 2. The normalized spacial score (nSPS) is 21.3. The largest absolute Gasteiger partial charge is 0.472 e. The summed E-state index contributed by atoms with van der Waals surface area (Å²) in [5.74, 6) is -1.05. The molecule has 1 aliphatic heterocycles. The third-order valence-electron chi connectivity index (χ3n) is 12.8. The van der Waals surface area contributed by atoms with E-state index in [9.17, 15) is 59.9 Å². The van der Waals surface area contributed by atoms with E-state index in [4.69, 9.17) is 28.0 Å². The number of hydrogen-bond acceptors (Lipinski definition) is 18. The highest BCUT2D eigenvalue weighted by Crippen LogP contribution is 2.43. The Kier molecular flexibility index (Phi) is 42.7. The molecule has 1 fully saturated rings. The molecule has 0 aliphatic carbocycles. The minimum absolute atomic E-state index is 0.108. The van der Waals surface area contributed by atoms with Crippen LogP contribution in [0.25, 0.3) is 0 Å². The van der Waals surface area contributed by atoms with E-state index in [1.165, 1.54) is 77.0 Å². The fraction of sp³-hybridized carbons (Fsp3) is 0.887. The van der Waals surface area contributed by atoms with E-state index in [0.29, 0.717) is 12.8 Å². The molecule has 20 heteroatoms. The van der Waals surface area contributed by atoms with Crippen molar-refractivity contribution in [3.8, 4) is 0 Å². The Balaban J connectivity index is 2.59. The number of esters is 2. The average Bonchev–Trinajstić information content (AvgIpc) is 3.37. The lowest BCUT2D eigenvalue weighted by Gasteiger charge is -2.42. The maximum absolute atomic E-state index is 12.9. The third kappa shape index (κ3) is 35.2. The number of aliphatic hydroxyl groups excluding tert-OH is 8. The van der Waals surface area contributed by atoms with Gasteiger partial charge in [-0.05, 0) is 64.2 Å². The molecule has 3 unspecified atom stereocenters. The van der Waals surface area contributed by atoms with Crippen molar-refractivity contribution in [3.63, 3.8) is 0 Å². The molecule has 1 aliphatic rings. The van der Waals surface area contributed by atoms with Gasteiger partial charge in [0.2, 0.25) is 0 Å². The van der Waals surface area contributed by atoms with Gasteiger partial charge in [0.25, 0.3) is 0 Å². The Hall–Kier alpha value is -1.91. The molecule has 0 bridgehead atoms. The molecule has 73 heavy (non-hydrogen) atoms. The van der Waals surface area contributed by atoms with Gasteiger partial charge >= 0.3 is 19.8 Å². The van der Waals surface area contributed by atoms with Crippen molar-refractivity contribution in [3.05, 3.63) is 24.3 Å². The van der Waals surface area contributed by atoms with Crippen molar-refractivity contribution in [2.45, 2.75) is 255 Å². The molecule has 1 heterocycles. The lowest BCUT2D eigenvalue weighted by Crippen LogP contribution is -2.61. The van der Waals surface area contributed by atoms with Gasteiger partial charge < -0.3 is 70.0 Å². The van der Waals surface area contributed by atoms with Crippen LogP contribution in [0.2, 0.25) is 0 Å². The number of ether oxygens (including phenoxy) is 4. The predicted octanol–water partition coefficient (Wildman–Crippen LogP) is 6.50. The van der Waals surface area contributed by atoms with Crippen molar-refractivity contribution in [1.82, 2.24) is 5.32 Å². The number of phosphoric ester groups is 1. The number of aliphatic hydroxyl groups is 8. The van der Waals surface area contributed by atoms with Crippen molar-refractivity contribution in [2.75, 3.05) is 46.1 Å². The summed E-state index contributed by atoms with van der Waals surface area (Å²) in [7, 11) is -4.76. The fourth-order valence-corrected chi connectivity index (χ4v) is 8.93. The summed E-state index contributed by atoms with van der Waals surface area (Å²) in [6.45, 7) is 0.659. The van der Waals surface area contributed by atoms with E-state index in [2.05, 4.69) is 43.5 Å². The Morgan fingerprint density at radius 2 is 1.10 bits per heavy atom. The molecule has 0 aromatic rings. The molecular weight excluding hydrogens is 970 g/mol. The van der Waals surface area contributed by atoms with Crippen LogP contribution in [-0.4, -0.2) is 165 Å². The molecule has 19 nitrogen and oxygen atoms in total. The maximum atomic E-state index is 12.9. The number of allylic oxidation sites excluding steroid dienone is 4. The first-order valence-corrected chi connectivity index (χ1v) is 29.3. The van der Waals surface area contributed by atoms with Gasteiger partial charge in [-0.2, -0.15) is 0 Å². The smallest absolute Gasteiger partial charge is 0.462 e. The molecule has 11 atom stereocenters. The zero-order valence-corrected chi connectivity index (χ0v) is 45.4. The summed E-state index contributed by atoms with van der Waals surface area (Å²) in [5.41, 5.74) is 0. The highest BCUT2D eigenvalue weighted by Gasteiger charge is 2.47. The minimum Gasteiger partial charge on any atom is -0.462 e. The van der Waals surface area contributed by atoms with Crippen molar-refractivity contribution >= 4 is 19.8 Å². The minimum atomic E-state index is -4.76. The Morgan fingerprint density at radius 3 is 1.59 bits per heavy atom. The third-order valence-corrected chi connectivity index (χ3v) is 13.7. The topological polar surface area (TPSA) is 301 Å². The Bertz CT molecular complexity index is 1440. The summed E-state index contributed by atoms with van der Waals surface area (Å²) in [5, 5.41) is 83.8. The molecule has 430 valence electrons. The van der Waals surface area contributed by atoms with Gasteiger partial charge in [-0.25, -0.2) is 4.57 Å². The van der Waals surface area contributed by atoms with Gasteiger partial charge in [-0.15, -0.1) is 0 Å². The molecule has 10 N–H and O–H groups in total. The number of phosphoric acid groups is 1. The molecule has 1 rings (SSSR count). The summed E-state index contributed by atoms with van der Waals surface area (Å²) in [4.78, 5) is 36.0. The number of unbranched alkanes of at least 4 members (excludes halogenated alkanes) is 22. The molecule has 0 saturated carbocycles. The average molecular weight is 1070 g/mol.